The Balaban J connectivity index is 2.18. The van der Waals surface area contributed by atoms with Gasteiger partial charge in [-0.05, 0) is 17.5 Å². The molecule has 0 fully saturated rings. The van der Waals surface area contributed by atoms with Gasteiger partial charge in [0.15, 0.2) is 6.10 Å². The Kier molecular flexibility index (Phi) is 3.93. The van der Waals surface area contributed by atoms with Crippen LogP contribution in [0.1, 0.15) is 5.69 Å². The van der Waals surface area contributed by atoms with Gasteiger partial charge in [-0.3, -0.25) is 0 Å². The highest BCUT2D eigenvalue weighted by Gasteiger charge is 2.48. The van der Waals surface area contributed by atoms with E-state index >= 15 is 0 Å². The zero-order valence-electron chi connectivity index (χ0n) is 10.4. The number of para-hydroxylation sites is 1. The SMILES string of the molecule is N#CC(Cc1cc2ccccc2[nH]1)OS(=O)(=O)C(F)(F)F. The molecule has 0 aliphatic rings. The standard InChI is InChI=1S/C12H9F3N2O3S/c13-12(14,15)21(18,19)20-10(7-16)6-9-5-8-3-1-2-4-11(8)17-9/h1-5,10,17H,6H2. The lowest BCUT2D eigenvalue weighted by Gasteiger charge is -2.11. The second-order valence-electron chi connectivity index (χ2n) is 4.20. The van der Waals surface area contributed by atoms with Crippen LogP contribution in [0.2, 0.25) is 0 Å². The van der Waals surface area contributed by atoms with E-state index in [-0.39, 0.29) is 6.42 Å². The monoisotopic (exact) mass is 318 g/mol. The summed E-state index contributed by atoms with van der Waals surface area (Å²) >= 11 is 0. The average molecular weight is 318 g/mol. The van der Waals surface area contributed by atoms with Gasteiger partial charge in [-0.2, -0.15) is 26.9 Å². The highest BCUT2D eigenvalue weighted by molar-refractivity contribution is 7.87. The number of aromatic nitrogens is 1. The minimum Gasteiger partial charge on any atom is -0.358 e. The first-order valence-corrected chi connectivity index (χ1v) is 7.09. The molecule has 21 heavy (non-hydrogen) atoms. The quantitative estimate of drug-likeness (QED) is 0.693. The maximum absolute atomic E-state index is 12.2. The number of fused-ring (bicyclic) bond motifs is 1. The minimum atomic E-state index is -5.80. The van der Waals surface area contributed by atoms with Crippen molar-refractivity contribution in [3.8, 4) is 6.07 Å². The minimum absolute atomic E-state index is 0.305. The smallest absolute Gasteiger partial charge is 0.358 e. The number of halogens is 3. The molecule has 1 atom stereocenters. The van der Waals surface area contributed by atoms with Gasteiger partial charge in [0.1, 0.15) is 0 Å². The lowest BCUT2D eigenvalue weighted by atomic mass is 10.2. The van der Waals surface area contributed by atoms with Crippen molar-refractivity contribution in [1.82, 2.24) is 4.98 Å². The Labute approximate surface area is 118 Å². The molecule has 0 amide bonds. The van der Waals surface area contributed by atoms with E-state index in [0.29, 0.717) is 5.69 Å². The Morgan fingerprint density at radius 1 is 1.33 bits per heavy atom. The second kappa shape index (κ2) is 5.38. The van der Waals surface area contributed by atoms with Gasteiger partial charge >= 0.3 is 15.6 Å². The van der Waals surface area contributed by atoms with Gasteiger partial charge in [-0.1, -0.05) is 18.2 Å². The first-order chi connectivity index (χ1) is 9.73. The number of hydrogen-bond acceptors (Lipinski definition) is 4. The van der Waals surface area contributed by atoms with Crippen LogP contribution in [0.3, 0.4) is 0 Å². The fraction of sp³-hybridized carbons (Fsp3) is 0.250. The molecule has 112 valence electrons. The van der Waals surface area contributed by atoms with Crippen LogP contribution < -0.4 is 0 Å². The summed E-state index contributed by atoms with van der Waals surface area (Å²) in [7, 11) is -5.80. The molecule has 1 aromatic heterocycles. The van der Waals surface area contributed by atoms with Crippen molar-refractivity contribution in [1.29, 1.82) is 5.26 Å². The van der Waals surface area contributed by atoms with Crippen LogP contribution in [-0.4, -0.2) is 25.0 Å². The summed E-state index contributed by atoms with van der Waals surface area (Å²) in [6.07, 6.45) is -2.06. The molecule has 5 nitrogen and oxygen atoms in total. The molecule has 1 unspecified atom stereocenters. The average Bonchev–Trinajstić information content (AvgIpc) is 2.78. The van der Waals surface area contributed by atoms with Gasteiger partial charge < -0.3 is 4.98 Å². The third kappa shape index (κ3) is 3.34. The number of benzene rings is 1. The highest BCUT2D eigenvalue weighted by Crippen LogP contribution is 2.26. The number of nitrogens with one attached hydrogen (secondary N) is 1. The Morgan fingerprint density at radius 2 is 2.00 bits per heavy atom. The van der Waals surface area contributed by atoms with E-state index < -0.39 is 21.7 Å². The third-order valence-corrected chi connectivity index (χ3v) is 3.71. The third-order valence-electron chi connectivity index (χ3n) is 2.66. The maximum Gasteiger partial charge on any atom is 0.523 e. The number of nitriles is 1. The van der Waals surface area contributed by atoms with Crippen LogP contribution in [-0.2, 0) is 20.7 Å². The first kappa shape index (κ1) is 15.3. The van der Waals surface area contributed by atoms with Gasteiger partial charge in [0.05, 0.1) is 6.07 Å². The lowest BCUT2D eigenvalue weighted by molar-refractivity contribution is -0.0557. The molecule has 0 bridgehead atoms. The van der Waals surface area contributed by atoms with Crippen LogP contribution in [0.4, 0.5) is 13.2 Å². The molecule has 0 radical (unpaired) electrons. The largest absolute Gasteiger partial charge is 0.523 e. The Hall–Kier alpha value is -2.05. The highest BCUT2D eigenvalue weighted by atomic mass is 32.2. The van der Waals surface area contributed by atoms with Crippen molar-refractivity contribution in [2.75, 3.05) is 0 Å². The van der Waals surface area contributed by atoms with Crippen LogP contribution in [0.15, 0.2) is 30.3 Å². The molecule has 1 N–H and O–H groups in total. The molecular formula is C12H9F3N2O3S. The van der Waals surface area contributed by atoms with E-state index in [4.69, 9.17) is 5.26 Å². The van der Waals surface area contributed by atoms with Crippen molar-refractivity contribution < 1.29 is 25.8 Å². The number of alkyl halides is 3. The molecule has 1 heterocycles. The summed E-state index contributed by atoms with van der Waals surface area (Å²) in [6, 6.07) is 10.1. The molecule has 0 aliphatic carbocycles. The van der Waals surface area contributed by atoms with E-state index in [1.54, 1.807) is 30.3 Å². The zero-order valence-corrected chi connectivity index (χ0v) is 11.2. The van der Waals surface area contributed by atoms with Gasteiger partial charge in [-0.25, -0.2) is 4.18 Å². The normalized spacial score (nSPS) is 14.0. The lowest BCUT2D eigenvalue weighted by Crippen LogP contribution is -2.30. The Bertz CT molecular complexity index is 757. The Morgan fingerprint density at radius 3 is 2.57 bits per heavy atom. The molecule has 9 heteroatoms. The molecule has 0 saturated carbocycles. The van der Waals surface area contributed by atoms with Gasteiger partial charge in [0, 0.05) is 17.6 Å². The number of aromatic amines is 1. The van der Waals surface area contributed by atoms with E-state index in [9.17, 15) is 21.6 Å². The summed E-state index contributed by atoms with van der Waals surface area (Å²) in [4.78, 5) is 2.88. The second-order valence-corrected chi connectivity index (χ2v) is 5.76. The van der Waals surface area contributed by atoms with Gasteiger partial charge in [0.2, 0.25) is 0 Å². The van der Waals surface area contributed by atoms with Crippen molar-refractivity contribution >= 4 is 21.0 Å². The summed E-state index contributed by atoms with van der Waals surface area (Å²) in [5, 5.41) is 9.56. The van der Waals surface area contributed by atoms with Crippen LogP contribution in [0.25, 0.3) is 10.9 Å². The van der Waals surface area contributed by atoms with E-state index in [0.717, 1.165) is 10.9 Å². The van der Waals surface area contributed by atoms with Crippen molar-refractivity contribution in [3.05, 3.63) is 36.0 Å². The summed E-state index contributed by atoms with van der Waals surface area (Å²) in [5.41, 5.74) is -4.43. The molecular weight excluding hydrogens is 309 g/mol. The van der Waals surface area contributed by atoms with Gasteiger partial charge in [-0.15, -0.1) is 0 Å². The molecule has 1 aromatic carbocycles. The summed E-state index contributed by atoms with van der Waals surface area (Å²) < 4.78 is 62.3. The van der Waals surface area contributed by atoms with Crippen LogP contribution in [0.5, 0.6) is 0 Å². The maximum atomic E-state index is 12.2. The number of rotatable bonds is 4. The molecule has 2 aromatic rings. The fourth-order valence-electron chi connectivity index (χ4n) is 1.75. The summed E-state index contributed by atoms with van der Waals surface area (Å²) in [5.74, 6) is 0. The van der Waals surface area contributed by atoms with Crippen molar-refractivity contribution in [3.63, 3.8) is 0 Å². The number of H-pyrrole nitrogens is 1. The van der Waals surface area contributed by atoms with Crippen LogP contribution in [0, 0.1) is 11.3 Å². The fourth-order valence-corrected chi connectivity index (χ4v) is 2.28. The molecule has 2 rings (SSSR count). The predicted molar refractivity (Wildman–Crippen MR) is 67.5 cm³/mol. The van der Waals surface area contributed by atoms with E-state index in [1.807, 2.05) is 0 Å². The predicted octanol–water partition coefficient (Wildman–Crippen LogP) is 2.47. The topological polar surface area (TPSA) is 82.9 Å². The van der Waals surface area contributed by atoms with Crippen molar-refractivity contribution in [2.24, 2.45) is 0 Å². The first-order valence-electron chi connectivity index (χ1n) is 5.69. The number of hydrogen-bond donors (Lipinski definition) is 1. The van der Waals surface area contributed by atoms with Crippen LogP contribution >= 0.6 is 0 Å². The molecule has 0 spiro atoms. The van der Waals surface area contributed by atoms with E-state index in [1.165, 1.54) is 6.07 Å². The molecule has 0 aliphatic heterocycles. The molecule has 0 saturated heterocycles. The zero-order chi connectivity index (χ0) is 15.7. The van der Waals surface area contributed by atoms with Gasteiger partial charge in [0.25, 0.3) is 0 Å². The van der Waals surface area contributed by atoms with Crippen molar-refractivity contribution in [2.45, 2.75) is 18.0 Å². The van der Waals surface area contributed by atoms with E-state index in [2.05, 4.69) is 9.17 Å². The summed E-state index contributed by atoms with van der Waals surface area (Å²) in [6.45, 7) is 0. The number of nitrogens with zero attached hydrogens (tertiary/aromatic N) is 1.